The molecule has 0 aromatic heterocycles. The lowest BCUT2D eigenvalue weighted by atomic mass is 9.72. The SMILES string of the molecule is CCc1cc(NC(=O)[C@H]2C[C@@H](NC(=O)OC(C)(C)C)[C@H](C)C[C@@H]2C)c(OCc2ccccc2)c(C(=O)NS(=O)(=O)CCCC(=O)NCc2ccc(C)cc2)c1.CCc1cc(NC(=O)[C@H]2C[C@@H](NC(=O)OC(C)(C)C)[C@H](C)C[C@@H]2C)c(OCc2ccccc2)c(C(=O)O)c1. The number of benzene rings is 5. The summed E-state index contributed by atoms with van der Waals surface area (Å²) >= 11 is 0. The van der Waals surface area contributed by atoms with Crippen molar-refractivity contribution in [2.45, 2.75) is 184 Å². The van der Waals surface area contributed by atoms with Crippen LogP contribution in [-0.4, -0.2) is 84.3 Å². The zero-order valence-electron chi connectivity index (χ0n) is 56.2. The van der Waals surface area contributed by atoms with Gasteiger partial charge in [-0.05, 0) is 169 Å². The number of alkyl carbamates (subject to hydrolysis) is 2. The number of ether oxygens (including phenoxy) is 4. The Bertz CT molecular complexity index is 3500. The van der Waals surface area contributed by atoms with Crippen molar-refractivity contribution in [3.05, 3.63) is 154 Å². The second-order valence-corrected chi connectivity index (χ2v) is 28.6. The van der Waals surface area contributed by atoms with E-state index in [-0.39, 0.29) is 114 Å². The van der Waals surface area contributed by atoms with Gasteiger partial charge in [-0.25, -0.2) is 27.5 Å². The van der Waals surface area contributed by atoms with E-state index in [1.807, 2.05) is 147 Å². The first-order chi connectivity index (χ1) is 43.8. The Labute approximate surface area is 548 Å². The average Bonchev–Trinajstić information content (AvgIpc) is 1.03. The number of carboxylic acids is 1. The van der Waals surface area contributed by atoms with E-state index in [1.54, 1.807) is 45.0 Å². The maximum absolute atomic E-state index is 14.1. The van der Waals surface area contributed by atoms with Gasteiger partial charge >= 0.3 is 18.2 Å². The Kier molecular flexibility index (Phi) is 26.4. The van der Waals surface area contributed by atoms with Gasteiger partial charge in [-0.15, -0.1) is 0 Å². The zero-order valence-corrected chi connectivity index (χ0v) is 57.0. The molecule has 0 bridgehead atoms. The molecule has 0 spiro atoms. The molecule has 5 aromatic carbocycles. The summed E-state index contributed by atoms with van der Waals surface area (Å²) in [6.07, 6.45) is 2.25. The summed E-state index contributed by atoms with van der Waals surface area (Å²) in [5, 5.41) is 24.6. The molecule has 0 aliphatic heterocycles. The second-order valence-electron chi connectivity index (χ2n) is 26.8. The van der Waals surface area contributed by atoms with Crippen molar-refractivity contribution in [2.24, 2.45) is 35.5 Å². The fourth-order valence-electron chi connectivity index (χ4n) is 11.5. The van der Waals surface area contributed by atoms with Crippen LogP contribution in [0.3, 0.4) is 0 Å². The van der Waals surface area contributed by atoms with E-state index < -0.39 is 57.0 Å². The van der Waals surface area contributed by atoms with E-state index in [1.165, 1.54) is 0 Å². The molecule has 2 aliphatic carbocycles. The number of aromatic carboxylic acids is 1. The highest BCUT2D eigenvalue weighted by atomic mass is 32.2. The topological polar surface area (TPSA) is 283 Å². The number of carbonyl (C=O) groups is 7. The fourth-order valence-corrected chi connectivity index (χ4v) is 12.6. The monoisotopic (exact) mass is 1300 g/mol. The molecular weight excluding hydrogens is 1200 g/mol. The molecule has 7 rings (SSSR count). The van der Waals surface area contributed by atoms with E-state index in [9.17, 15) is 47.1 Å². The van der Waals surface area contributed by atoms with Crippen LogP contribution in [0.15, 0.2) is 109 Å². The van der Waals surface area contributed by atoms with Crippen LogP contribution in [0.2, 0.25) is 0 Å². The molecule has 7 N–H and O–H groups in total. The van der Waals surface area contributed by atoms with Crippen LogP contribution in [0, 0.1) is 42.4 Å². The first-order valence-electron chi connectivity index (χ1n) is 32.2. The number of nitrogens with one attached hydrogen (secondary N) is 6. The normalized spacial score (nSPS) is 19.6. The third kappa shape index (κ3) is 23.3. The second kappa shape index (κ2) is 33.4. The van der Waals surface area contributed by atoms with E-state index in [2.05, 4.69) is 38.2 Å². The molecule has 2 saturated carbocycles. The Morgan fingerprint density at radius 2 is 0.978 bits per heavy atom. The Hall–Kier alpha value is -8.46. The van der Waals surface area contributed by atoms with E-state index in [0.717, 1.165) is 34.2 Å². The van der Waals surface area contributed by atoms with Gasteiger partial charge in [0.05, 0.1) is 22.7 Å². The summed E-state index contributed by atoms with van der Waals surface area (Å²) < 4.78 is 51.6. The molecule has 0 unspecified atom stereocenters. The molecule has 2 aliphatic rings. The van der Waals surface area contributed by atoms with Crippen molar-refractivity contribution >= 4 is 63.2 Å². The van der Waals surface area contributed by atoms with Crippen molar-refractivity contribution < 1.29 is 66.0 Å². The number of aryl methyl sites for hydroxylation is 3. The van der Waals surface area contributed by atoms with E-state index in [4.69, 9.17) is 18.9 Å². The predicted molar refractivity (Wildman–Crippen MR) is 359 cm³/mol. The third-order valence-electron chi connectivity index (χ3n) is 16.6. The van der Waals surface area contributed by atoms with Gasteiger partial charge in [-0.1, -0.05) is 132 Å². The minimum Gasteiger partial charge on any atom is -0.486 e. The van der Waals surface area contributed by atoms with Gasteiger partial charge in [0.15, 0.2) is 11.5 Å². The summed E-state index contributed by atoms with van der Waals surface area (Å²) in [6.45, 7) is 25.2. The fraction of sp³-hybridized carbons (Fsp3) is 0.486. The van der Waals surface area contributed by atoms with Crippen molar-refractivity contribution in [3.63, 3.8) is 0 Å². The maximum Gasteiger partial charge on any atom is 0.407 e. The number of amides is 6. The molecule has 20 nitrogen and oxygen atoms in total. The van der Waals surface area contributed by atoms with Gasteiger partial charge < -0.3 is 50.6 Å². The van der Waals surface area contributed by atoms with Crippen LogP contribution < -0.4 is 40.8 Å². The highest BCUT2D eigenvalue weighted by molar-refractivity contribution is 7.90. The number of carbonyl (C=O) groups excluding carboxylic acids is 6. The van der Waals surface area contributed by atoms with E-state index >= 15 is 0 Å². The smallest absolute Gasteiger partial charge is 0.407 e. The Balaban J connectivity index is 0.000000316. The molecule has 8 atom stereocenters. The number of carboxylic acid groups (broad SMARTS) is 1. The molecule has 2 fully saturated rings. The first-order valence-corrected chi connectivity index (χ1v) is 33.8. The maximum atomic E-state index is 14.1. The molecule has 93 heavy (non-hydrogen) atoms. The third-order valence-corrected chi connectivity index (χ3v) is 17.9. The van der Waals surface area contributed by atoms with Crippen LogP contribution in [0.1, 0.15) is 176 Å². The quantitative estimate of drug-likeness (QED) is 0.0320. The minimum absolute atomic E-state index is 0.00200. The van der Waals surface area contributed by atoms with Crippen molar-refractivity contribution in [1.82, 2.24) is 20.7 Å². The van der Waals surface area contributed by atoms with Crippen LogP contribution in [0.4, 0.5) is 21.0 Å². The lowest BCUT2D eigenvalue weighted by Crippen LogP contribution is -2.49. The molecule has 504 valence electrons. The number of sulfonamides is 1. The van der Waals surface area contributed by atoms with Crippen LogP contribution >= 0.6 is 0 Å². The predicted octanol–water partition coefficient (Wildman–Crippen LogP) is 12.8. The lowest BCUT2D eigenvalue weighted by Gasteiger charge is -2.38. The highest BCUT2D eigenvalue weighted by Gasteiger charge is 2.40. The first kappa shape index (κ1) is 73.6. The van der Waals surface area contributed by atoms with Crippen molar-refractivity contribution in [1.29, 1.82) is 0 Å². The number of rotatable bonds is 23. The molecule has 21 heteroatoms. The van der Waals surface area contributed by atoms with Gasteiger partial charge in [0.25, 0.3) is 5.91 Å². The van der Waals surface area contributed by atoms with Crippen LogP contribution in [0.5, 0.6) is 11.5 Å². The minimum atomic E-state index is -4.16. The standard InChI is InChI=1S/C42H56N4O8S.C30H40N2O6/c1-8-30-22-34(40(49)46-55(51,52)20-12-15-37(47)43-25-31-18-16-27(2)17-19-31)38(53-26-32-13-10-9-11-14-32)36(23-30)44-39(48)33-24-35(29(4)21-28(33)3)45-41(50)54-42(5,6)7;1-7-20-14-23(28(34)35)26(37-17-21-11-9-8-10-12-21)25(15-20)31-27(33)22-16-24(19(3)13-18(22)2)32-29(36)38-30(4,5)6/h9-11,13-14,16-19,22-23,28-29,33,35H,8,12,15,20-21,24-26H2,1-7H3,(H,43,47)(H,44,48)(H,45,50)(H,46,49);8-12,14-15,18-19,22,24H,7,13,16-17H2,1-6H3,(H,31,33)(H,32,36)(H,34,35)/t28-,29+,33-,35+;18-,19+,22-,24+/m00/s1. The average molecular weight is 1300 g/mol. The molecule has 6 amide bonds. The largest absolute Gasteiger partial charge is 0.486 e. The highest BCUT2D eigenvalue weighted by Crippen LogP contribution is 2.40. The molecule has 5 aromatic rings. The lowest BCUT2D eigenvalue weighted by molar-refractivity contribution is -0.123. The summed E-state index contributed by atoms with van der Waals surface area (Å²) in [4.78, 5) is 91.1. The number of anilines is 2. The number of hydrogen-bond acceptors (Lipinski definition) is 13. The summed E-state index contributed by atoms with van der Waals surface area (Å²) in [5.74, 6) is -3.73. The molecular formula is C72H96N6O14S. The number of hydrogen-bond donors (Lipinski definition) is 7. The summed E-state index contributed by atoms with van der Waals surface area (Å²) in [5.41, 5.74) is 4.39. The molecule has 0 saturated heterocycles. The van der Waals surface area contributed by atoms with Gasteiger partial charge in [0.1, 0.15) is 30.0 Å². The molecule has 0 radical (unpaired) electrons. The van der Waals surface area contributed by atoms with Crippen LogP contribution in [0.25, 0.3) is 0 Å². The van der Waals surface area contributed by atoms with Gasteiger partial charge in [-0.2, -0.15) is 0 Å². The van der Waals surface area contributed by atoms with Gasteiger partial charge in [0, 0.05) is 36.9 Å². The zero-order chi connectivity index (χ0) is 68.4. The van der Waals surface area contributed by atoms with Gasteiger partial charge in [-0.3, -0.25) is 19.2 Å². The van der Waals surface area contributed by atoms with Gasteiger partial charge in [0.2, 0.25) is 27.7 Å². The van der Waals surface area contributed by atoms with Crippen molar-refractivity contribution in [3.8, 4) is 11.5 Å². The van der Waals surface area contributed by atoms with Crippen molar-refractivity contribution in [2.75, 3.05) is 16.4 Å². The van der Waals surface area contributed by atoms with Crippen LogP contribution in [-0.2, 0) is 66.5 Å². The Morgan fingerprint density at radius 1 is 0.548 bits per heavy atom. The van der Waals surface area contributed by atoms with E-state index in [0.29, 0.717) is 49.9 Å². The molecule has 0 heterocycles. The summed E-state index contributed by atoms with van der Waals surface area (Å²) in [6, 6.07) is 32.5. The summed E-state index contributed by atoms with van der Waals surface area (Å²) in [7, 11) is -4.16. The Morgan fingerprint density at radius 3 is 1.40 bits per heavy atom.